The zero-order chi connectivity index (χ0) is 24.6. The predicted molar refractivity (Wildman–Crippen MR) is 139 cm³/mol. The minimum absolute atomic E-state index is 0.0294. The molecule has 0 spiro atoms. The summed E-state index contributed by atoms with van der Waals surface area (Å²) in [4.78, 5) is 35.2. The molecule has 0 saturated carbocycles. The highest BCUT2D eigenvalue weighted by molar-refractivity contribution is 9.10. The first kappa shape index (κ1) is 23.8. The summed E-state index contributed by atoms with van der Waals surface area (Å²) in [5.74, 6) is -0.696. The maximum Gasteiger partial charge on any atom is 0.343 e. The zero-order valence-electron chi connectivity index (χ0n) is 18.3. The Hall–Kier alpha value is -4.37. The van der Waals surface area contributed by atoms with E-state index in [4.69, 9.17) is 4.74 Å². The number of carbonyl (C=O) groups is 2. The lowest BCUT2D eigenvalue weighted by molar-refractivity contribution is -0.119. The van der Waals surface area contributed by atoms with Crippen LogP contribution < -0.4 is 15.5 Å². The van der Waals surface area contributed by atoms with Gasteiger partial charge in [-0.25, -0.2) is 10.2 Å². The molecule has 9 heteroatoms. The average molecular weight is 531 g/mol. The number of nitrogens with zero attached hydrogens (tertiary/aromatic N) is 2. The van der Waals surface area contributed by atoms with E-state index >= 15 is 0 Å². The molecule has 2 N–H and O–H groups in total. The Balaban J connectivity index is 1.36. The second-order valence-electron chi connectivity index (χ2n) is 7.42. The normalized spacial score (nSPS) is 10.8. The van der Waals surface area contributed by atoms with Crippen molar-refractivity contribution in [1.82, 2.24) is 5.43 Å². The number of halogens is 1. The van der Waals surface area contributed by atoms with Gasteiger partial charge in [0.2, 0.25) is 0 Å². The molecule has 0 fully saturated rings. The Morgan fingerprint density at radius 2 is 1.69 bits per heavy atom. The quantitative estimate of drug-likeness (QED) is 0.0985. The van der Waals surface area contributed by atoms with E-state index in [1.807, 2.05) is 42.5 Å². The number of rotatable bonds is 8. The van der Waals surface area contributed by atoms with E-state index < -0.39 is 5.97 Å². The summed E-state index contributed by atoms with van der Waals surface area (Å²) in [6.07, 6.45) is 1.39. The average Bonchev–Trinajstić information content (AvgIpc) is 2.88. The first-order valence-corrected chi connectivity index (χ1v) is 11.3. The fourth-order valence-corrected chi connectivity index (χ4v) is 3.60. The van der Waals surface area contributed by atoms with Crippen LogP contribution in [0.5, 0.6) is 5.75 Å². The summed E-state index contributed by atoms with van der Waals surface area (Å²) in [5.41, 5.74) is 4.22. The number of anilines is 1. The van der Waals surface area contributed by atoms with E-state index in [0.29, 0.717) is 5.56 Å². The summed E-state index contributed by atoms with van der Waals surface area (Å²) >= 11 is 3.37. The molecule has 4 aromatic rings. The molecule has 0 aliphatic carbocycles. The van der Waals surface area contributed by atoms with Crippen LogP contribution in [-0.2, 0) is 4.79 Å². The second-order valence-corrected chi connectivity index (χ2v) is 8.33. The zero-order valence-corrected chi connectivity index (χ0v) is 19.9. The molecule has 0 radical (unpaired) electrons. The van der Waals surface area contributed by atoms with Gasteiger partial charge in [0.25, 0.3) is 5.91 Å². The number of hydrogen-bond donors (Lipinski definition) is 2. The van der Waals surface area contributed by atoms with Crippen LogP contribution in [0.3, 0.4) is 0 Å². The molecule has 1 amide bonds. The molecule has 35 heavy (non-hydrogen) atoms. The van der Waals surface area contributed by atoms with Crippen molar-refractivity contribution in [3.05, 3.63) is 105 Å². The number of benzene rings is 4. The molecule has 0 saturated heterocycles. The maximum atomic E-state index is 12.5. The Kier molecular flexibility index (Phi) is 7.59. The lowest BCUT2D eigenvalue weighted by Gasteiger charge is -2.09. The smallest absolute Gasteiger partial charge is 0.343 e. The number of hydrazone groups is 1. The largest absolute Gasteiger partial charge is 0.422 e. The molecule has 8 nitrogen and oxygen atoms in total. The summed E-state index contributed by atoms with van der Waals surface area (Å²) < 4.78 is 6.21. The van der Waals surface area contributed by atoms with Crippen LogP contribution in [0.15, 0.2) is 99.7 Å². The Morgan fingerprint density at radius 3 is 2.46 bits per heavy atom. The molecule has 4 aromatic carbocycles. The Morgan fingerprint density at radius 1 is 0.914 bits per heavy atom. The number of esters is 1. The number of amides is 1. The molecule has 4 rings (SSSR count). The highest BCUT2D eigenvalue weighted by atomic mass is 79.9. The number of ether oxygens (including phenoxy) is 1. The van der Waals surface area contributed by atoms with Crippen LogP contribution in [0.25, 0.3) is 10.8 Å². The molecule has 0 bridgehead atoms. The van der Waals surface area contributed by atoms with Gasteiger partial charge in [-0.05, 0) is 70.5 Å². The first-order valence-electron chi connectivity index (χ1n) is 10.5. The molecule has 0 aromatic heterocycles. The number of carbonyl (C=O) groups excluding carboxylic acids is 2. The molecule has 0 aliphatic rings. The topological polar surface area (TPSA) is 109 Å². The fourth-order valence-electron chi connectivity index (χ4n) is 3.23. The Bertz CT molecular complexity index is 1420. The van der Waals surface area contributed by atoms with Gasteiger partial charge in [0.15, 0.2) is 0 Å². The number of nitrogens with one attached hydrogen (secondary N) is 2. The van der Waals surface area contributed by atoms with Crippen LogP contribution >= 0.6 is 15.9 Å². The standard InChI is InChI=1S/C26H19BrN4O4/c27-21-8-12-24(35-26(33)18-6-9-22(31-34)10-7-18)20(13-21)15-29-30-25(32)16-28-23-11-5-17-3-1-2-4-19(17)14-23/h1-15,28H,16H2,(H,30,32)/b29-15+. The third-order valence-corrected chi connectivity index (χ3v) is 5.47. The molecular weight excluding hydrogens is 512 g/mol. The predicted octanol–water partition coefficient (Wildman–Crippen LogP) is 5.78. The van der Waals surface area contributed by atoms with Crippen LogP contribution in [0.4, 0.5) is 11.4 Å². The SMILES string of the molecule is O=Nc1ccc(C(=O)Oc2ccc(Br)cc2/C=N/NC(=O)CNc2ccc3ccccc3c2)cc1. The molecule has 0 atom stereocenters. The van der Waals surface area contributed by atoms with E-state index in [1.54, 1.807) is 18.2 Å². The van der Waals surface area contributed by atoms with Crippen molar-refractivity contribution in [2.24, 2.45) is 10.3 Å². The first-order chi connectivity index (χ1) is 17.0. The van der Waals surface area contributed by atoms with Crippen LogP contribution in [0.1, 0.15) is 15.9 Å². The van der Waals surface area contributed by atoms with Crippen LogP contribution in [0.2, 0.25) is 0 Å². The number of hydrogen-bond acceptors (Lipinski definition) is 7. The lowest BCUT2D eigenvalue weighted by Crippen LogP contribution is -2.25. The summed E-state index contributed by atoms with van der Waals surface area (Å²) in [6, 6.07) is 24.6. The Labute approximate surface area is 209 Å². The maximum absolute atomic E-state index is 12.5. The minimum Gasteiger partial charge on any atom is -0.422 e. The van der Waals surface area contributed by atoms with Gasteiger partial charge in [-0.2, -0.15) is 5.10 Å². The second kappa shape index (κ2) is 11.2. The van der Waals surface area contributed by atoms with Gasteiger partial charge in [-0.15, -0.1) is 4.91 Å². The third-order valence-electron chi connectivity index (χ3n) is 4.98. The van der Waals surface area contributed by atoms with E-state index in [-0.39, 0.29) is 29.5 Å². The summed E-state index contributed by atoms with van der Waals surface area (Å²) in [5, 5.41) is 12.1. The van der Waals surface area contributed by atoms with Crippen LogP contribution in [-0.4, -0.2) is 24.6 Å². The van der Waals surface area contributed by atoms with E-state index in [9.17, 15) is 14.5 Å². The van der Waals surface area contributed by atoms with Gasteiger partial charge >= 0.3 is 5.97 Å². The third kappa shape index (κ3) is 6.36. The van der Waals surface area contributed by atoms with Gasteiger partial charge in [0.05, 0.1) is 18.3 Å². The monoisotopic (exact) mass is 530 g/mol. The van der Waals surface area contributed by atoms with E-state index in [1.165, 1.54) is 30.5 Å². The molecule has 174 valence electrons. The van der Waals surface area contributed by atoms with Crippen molar-refractivity contribution < 1.29 is 14.3 Å². The molecule has 0 heterocycles. The van der Waals surface area contributed by atoms with Gasteiger partial charge in [0.1, 0.15) is 11.4 Å². The minimum atomic E-state index is -0.608. The van der Waals surface area contributed by atoms with Crippen molar-refractivity contribution in [3.63, 3.8) is 0 Å². The van der Waals surface area contributed by atoms with Crippen LogP contribution in [0, 0.1) is 4.91 Å². The van der Waals surface area contributed by atoms with E-state index in [2.05, 4.69) is 37.0 Å². The molecular formula is C26H19BrN4O4. The van der Waals surface area contributed by atoms with Crippen molar-refractivity contribution in [2.45, 2.75) is 0 Å². The van der Waals surface area contributed by atoms with Crippen molar-refractivity contribution in [3.8, 4) is 5.75 Å². The van der Waals surface area contributed by atoms with Crippen molar-refractivity contribution in [2.75, 3.05) is 11.9 Å². The summed E-state index contributed by atoms with van der Waals surface area (Å²) in [6.45, 7) is 0.0294. The molecule has 0 unspecified atom stereocenters. The molecule has 0 aliphatic heterocycles. The number of nitroso groups, excluding NO2 is 1. The lowest BCUT2D eigenvalue weighted by atomic mass is 10.1. The van der Waals surface area contributed by atoms with Crippen molar-refractivity contribution >= 4 is 56.2 Å². The van der Waals surface area contributed by atoms with Gasteiger partial charge in [-0.1, -0.05) is 46.3 Å². The van der Waals surface area contributed by atoms with Gasteiger partial charge in [-0.3, -0.25) is 4.79 Å². The summed E-state index contributed by atoms with van der Waals surface area (Å²) in [7, 11) is 0. The van der Waals surface area contributed by atoms with E-state index in [0.717, 1.165) is 20.9 Å². The van der Waals surface area contributed by atoms with Crippen molar-refractivity contribution in [1.29, 1.82) is 0 Å². The highest BCUT2D eigenvalue weighted by Gasteiger charge is 2.12. The fraction of sp³-hybridized carbons (Fsp3) is 0.0385. The van der Waals surface area contributed by atoms with Gasteiger partial charge < -0.3 is 10.1 Å². The number of fused-ring (bicyclic) bond motifs is 1. The van der Waals surface area contributed by atoms with Gasteiger partial charge in [0, 0.05) is 15.7 Å². The highest BCUT2D eigenvalue weighted by Crippen LogP contribution is 2.23.